The van der Waals surface area contributed by atoms with E-state index in [1.807, 2.05) is 11.9 Å². The van der Waals surface area contributed by atoms with Crippen molar-refractivity contribution in [2.45, 2.75) is 12.6 Å². The van der Waals surface area contributed by atoms with Crippen LogP contribution in [0.15, 0.2) is 12.1 Å². The van der Waals surface area contributed by atoms with E-state index in [2.05, 4.69) is 9.97 Å². The summed E-state index contributed by atoms with van der Waals surface area (Å²) in [4.78, 5) is 8.96. The Morgan fingerprint density at radius 2 is 2.10 bits per heavy atom. The molecule has 0 fully saturated rings. The van der Waals surface area contributed by atoms with Crippen LogP contribution in [-0.2, 0) is 11.3 Å². The van der Waals surface area contributed by atoms with Gasteiger partial charge in [-0.15, -0.1) is 0 Å². The third-order valence-electron chi connectivity index (χ3n) is 2.87. The molecule has 0 saturated carbocycles. The lowest BCUT2D eigenvalue weighted by molar-refractivity contribution is 0.0415. The number of nitrogens with one attached hydrogen (secondary N) is 1. The molecule has 0 unspecified atom stereocenters. The van der Waals surface area contributed by atoms with E-state index in [1.165, 1.54) is 7.11 Å². The number of halogens is 2. The van der Waals surface area contributed by atoms with Gasteiger partial charge in [0.2, 0.25) is 0 Å². The summed E-state index contributed by atoms with van der Waals surface area (Å²) in [5.41, 5.74) is 0.828. The molecule has 110 valence electrons. The number of aliphatic hydroxyl groups is 1. The lowest BCUT2D eigenvalue weighted by atomic mass is 10.3. The van der Waals surface area contributed by atoms with Gasteiger partial charge in [-0.2, -0.15) is 0 Å². The standard InChI is InChI=1S/C13H17F2N3O2/c1-18(5-8(19)7-20-2)6-13-16-11-3-9(14)10(15)4-12(11)17-13/h3-4,8,19H,5-7H2,1-2H3,(H,16,17)/t8-/m0/s1. The van der Waals surface area contributed by atoms with Gasteiger partial charge >= 0.3 is 0 Å². The van der Waals surface area contributed by atoms with Gasteiger partial charge in [-0.05, 0) is 7.05 Å². The zero-order valence-electron chi connectivity index (χ0n) is 11.4. The Hall–Kier alpha value is -1.57. The van der Waals surface area contributed by atoms with Gasteiger partial charge in [-0.1, -0.05) is 0 Å². The van der Waals surface area contributed by atoms with E-state index in [-0.39, 0.29) is 6.61 Å². The smallest absolute Gasteiger partial charge is 0.161 e. The molecule has 5 nitrogen and oxygen atoms in total. The fourth-order valence-corrected chi connectivity index (χ4v) is 2.06. The number of imidazole rings is 1. The highest BCUT2D eigenvalue weighted by atomic mass is 19.2. The third-order valence-corrected chi connectivity index (χ3v) is 2.87. The van der Waals surface area contributed by atoms with Crippen LogP contribution in [0, 0.1) is 11.6 Å². The van der Waals surface area contributed by atoms with E-state index in [0.717, 1.165) is 12.1 Å². The summed E-state index contributed by atoms with van der Waals surface area (Å²) in [6.07, 6.45) is -0.593. The summed E-state index contributed by atoms with van der Waals surface area (Å²) < 4.78 is 31.0. The molecular weight excluding hydrogens is 268 g/mol. The van der Waals surface area contributed by atoms with Crippen LogP contribution in [0.2, 0.25) is 0 Å². The Labute approximate surface area is 115 Å². The molecule has 2 aromatic rings. The van der Waals surface area contributed by atoms with Gasteiger partial charge in [0.15, 0.2) is 11.6 Å². The summed E-state index contributed by atoms with van der Waals surface area (Å²) in [6.45, 7) is 1.09. The van der Waals surface area contributed by atoms with Crippen molar-refractivity contribution >= 4 is 11.0 Å². The number of nitrogens with zero attached hydrogens (tertiary/aromatic N) is 2. The van der Waals surface area contributed by atoms with Crippen molar-refractivity contribution in [3.8, 4) is 0 Å². The van der Waals surface area contributed by atoms with Crippen molar-refractivity contribution in [3.63, 3.8) is 0 Å². The number of aromatic nitrogens is 2. The van der Waals surface area contributed by atoms with Crippen molar-refractivity contribution in [1.82, 2.24) is 14.9 Å². The van der Waals surface area contributed by atoms with Crippen LogP contribution in [0.1, 0.15) is 5.82 Å². The number of fused-ring (bicyclic) bond motifs is 1. The molecule has 1 heterocycles. The van der Waals surface area contributed by atoms with E-state index >= 15 is 0 Å². The summed E-state index contributed by atoms with van der Waals surface area (Å²) >= 11 is 0. The quantitative estimate of drug-likeness (QED) is 0.839. The van der Waals surface area contributed by atoms with E-state index in [0.29, 0.717) is 29.9 Å². The first-order valence-electron chi connectivity index (χ1n) is 6.18. The van der Waals surface area contributed by atoms with Crippen molar-refractivity contribution in [3.05, 3.63) is 29.6 Å². The zero-order valence-corrected chi connectivity index (χ0v) is 11.4. The number of H-pyrrole nitrogens is 1. The minimum absolute atomic E-state index is 0.251. The number of aromatic amines is 1. The van der Waals surface area contributed by atoms with E-state index in [9.17, 15) is 13.9 Å². The summed E-state index contributed by atoms with van der Waals surface area (Å²) in [7, 11) is 3.33. The van der Waals surface area contributed by atoms with Gasteiger partial charge in [0.05, 0.1) is 30.3 Å². The highest BCUT2D eigenvalue weighted by Gasteiger charge is 2.12. The second-order valence-electron chi connectivity index (χ2n) is 4.77. The molecule has 0 aliphatic rings. The maximum atomic E-state index is 13.1. The first-order chi connectivity index (χ1) is 9.49. The molecule has 2 N–H and O–H groups in total. The molecule has 0 bridgehead atoms. The fourth-order valence-electron chi connectivity index (χ4n) is 2.06. The Bertz CT molecular complexity index is 549. The molecular formula is C13H17F2N3O2. The minimum atomic E-state index is -0.917. The van der Waals surface area contributed by atoms with Crippen LogP contribution in [0.4, 0.5) is 8.78 Å². The summed E-state index contributed by atoms with van der Waals surface area (Å²) in [6, 6.07) is 2.14. The normalized spacial score (nSPS) is 13.3. The Balaban J connectivity index is 2.06. The van der Waals surface area contributed by atoms with Crippen molar-refractivity contribution in [1.29, 1.82) is 0 Å². The van der Waals surface area contributed by atoms with Gasteiger partial charge in [-0.25, -0.2) is 13.8 Å². The van der Waals surface area contributed by atoms with Gasteiger partial charge in [0.25, 0.3) is 0 Å². The minimum Gasteiger partial charge on any atom is -0.389 e. The lowest BCUT2D eigenvalue weighted by Crippen LogP contribution is -2.31. The van der Waals surface area contributed by atoms with Gasteiger partial charge in [-0.3, -0.25) is 4.90 Å². The molecule has 1 aromatic heterocycles. The van der Waals surface area contributed by atoms with Gasteiger partial charge in [0.1, 0.15) is 5.82 Å². The number of benzene rings is 1. The Morgan fingerprint density at radius 3 is 2.80 bits per heavy atom. The molecule has 7 heteroatoms. The molecule has 1 aromatic carbocycles. The van der Waals surface area contributed by atoms with E-state index in [1.54, 1.807) is 0 Å². The predicted octanol–water partition coefficient (Wildman–Crippen LogP) is 1.28. The van der Waals surface area contributed by atoms with E-state index in [4.69, 9.17) is 4.74 Å². The maximum Gasteiger partial charge on any atom is 0.161 e. The summed E-state index contributed by atoms with van der Waals surface area (Å²) in [5, 5.41) is 9.61. The monoisotopic (exact) mass is 285 g/mol. The average Bonchev–Trinajstić information content (AvgIpc) is 2.70. The van der Waals surface area contributed by atoms with Crippen LogP contribution in [-0.4, -0.2) is 53.4 Å². The SMILES string of the molecule is COC[C@@H](O)CN(C)Cc1nc2cc(F)c(F)cc2[nH]1. The van der Waals surface area contributed by atoms with Crippen molar-refractivity contribution in [2.75, 3.05) is 27.3 Å². The maximum absolute atomic E-state index is 13.1. The van der Waals surface area contributed by atoms with Gasteiger partial charge < -0.3 is 14.8 Å². The van der Waals surface area contributed by atoms with Crippen molar-refractivity contribution < 1.29 is 18.6 Å². The Kier molecular flexibility index (Phi) is 4.64. The second-order valence-corrected chi connectivity index (χ2v) is 4.77. The highest BCUT2D eigenvalue weighted by molar-refractivity contribution is 5.75. The Morgan fingerprint density at radius 1 is 1.40 bits per heavy atom. The molecule has 0 aliphatic heterocycles. The summed E-state index contributed by atoms with van der Waals surface area (Å²) in [5.74, 6) is -1.24. The third kappa shape index (κ3) is 3.50. The van der Waals surface area contributed by atoms with Crippen LogP contribution < -0.4 is 0 Å². The highest BCUT2D eigenvalue weighted by Crippen LogP contribution is 2.16. The van der Waals surface area contributed by atoms with Crippen LogP contribution in [0.5, 0.6) is 0 Å². The van der Waals surface area contributed by atoms with Crippen molar-refractivity contribution in [2.24, 2.45) is 0 Å². The number of methoxy groups -OCH3 is 1. The zero-order chi connectivity index (χ0) is 14.7. The number of hydrogen-bond acceptors (Lipinski definition) is 4. The first kappa shape index (κ1) is 14.8. The number of rotatable bonds is 6. The molecule has 1 atom stereocenters. The van der Waals surface area contributed by atoms with E-state index < -0.39 is 17.7 Å². The van der Waals surface area contributed by atoms with Crippen LogP contribution in [0.25, 0.3) is 11.0 Å². The molecule has 0 saturated heterocycles. The van der Waals surface area contributed by atoms with Crippen LogP contribution >= 0.6 is 0 Å². The number of ether oxygens (including phenoxy) is 1. The molecule has 0 amide bonds. The van der Waals surface area contributed by atoms with Crippen LogP contribution in [0.3, 0.4) is 0 Å². The molecule has 2 rings (SSSR count). The molecule has 0 aliphatic carbocycles. The first-order valence-corrected chi connectivity index (χ1v) is 6.18. The molecule has 20 heavy (non-hydrogen) atoms. The number of hydrogen-bond donors (Lipinski definition) is 2. The second kappa shape index (κ2) is 6.25. The van der Waals surface area contributed by atoms with Gasteiger partial charge in [0, 0.05) is 25.8 Å². The predicted molar refractivity (Wildman–Crippen MR) is 70.2 cm³/mol. The lowest BCUT2D eigenvalue weighted by Gasteiger charge is -2.18. The fraction of sp³-hybridized carbons (Fsp3) is 0.462. The number of likely N-dealkylation sites (N-methyl/N-ethyl adjacent to an activating group) is 1. The molecule has 0 spiro atoms. The average molecular weight is 285 g/mol. The number of aliphatic hydroxyl groups excluding tert-OH is 1. The topological polar surface area (TPSA) is 61.4 Å². The largest absolute Gasteiger partial charge is 0.389 e. The molecule has 0 radical (unpaired) electrons.